The van der Waals surface area contributed by atoms with E-state index in [0.717, 1.165) is 35.7 Å². The summed E-state index contributed by atoms with van der Waals surface area (Å²) in [5, 5.41) is 18.7. The van der Waals surface area contributed by atoms with Gasteiger partial charge in [-0.3, -0.25) is 4.79 Å². The lowest BCUT2D eigenvalue weighted by atomic mass is 9.86. The molecule has 1 amide bonds. The number of carbonyl (C=O) groups is 1. The van der Waals surface area contributed by atoms with Crippen LogP contribution in [0.1, 0.15) is 37.9 Å². The first-order valence-electron chi connectivity index (χ1n) is 10.2. The molecule has 2 aromatic heterocycles. The summed E-state index contributed by atoms with van der Waals surface area (Å²) in [4.78, 5) is 27.5. The van der Waals surface area contributed by atoms with Gasteiger partial charge >= 0.3 is 0 Å². The minimum Gasteiger partial charge on any atom is -0.367 e. The third-order valence-corrected chi connectivity index (χ3v) is 5.71. The highest BCUT2D eigenvalue weighted by Gasteiger charge is 2.35. The molecule has 1 aliphatic carbocycles. The van der Waals surface area contributed by atoms with Gasteiger partial charge in [-0.05, 0) is 37.3 Å². The van der Waals surface area contributed by atoms with Gasteiger partial charge in [0.15, 0.2) is 11.5 Å². The molecule has 2 aromatic rings. The lowest BCUT2D eigenvalue weighted by molar-refractivity contribution is -0.118. The molecule has 1 unspecified atom stereocenters. The van der Waals surface area contributed by atoms with Crippen LogP contribution in [0.4, 0.5) is 23.1 Å². The first kappa shape index (κ1) is 19.9. The highest BCUT2D eigenvalue weighted by Crippen LogP contribution is 2.36. The highest BCUT2D eigenvalue weighted by molar-refractivity contribution is 6.03. The number of likely N-dealkylation sites (N-methyl/N-ethyl adjacent to an activating group) is 1. The maximum Gasteiger partial charge on any atom is 0.247 e. The van der Waals surface area contributed by atoms with Crippen LogP contribution in [-0.4, -0.2) is 46.0 Å². The predicted molar refractivity (Wildman–Crippen MR) is 115 cm³/mol. The smallest absolute Gasteiger partial charge is 0.247 e. The molecule has 3 heterocycles. The van der Waals surface area contributed by atoms with E-state index in [1.807, 2.05) is 44.9 Å². The van der Waals surface area contributed by atoms with Gasteiger partial charge in [0, 0.05) is 19.1 Å². The minimum absolute atomic E-state index is 0.0180. The molecule has 4 rings (SSSR count). The van der Waals surface area contributed by atoms with Gasteiger partial charge in [0.05, 0.1) is 18.1 Å². The fourth-order valence-electron chi connectivity index (χ4n) is 4.13. The van der Waals surface area contributed by atoms with Crippen molar-refractivity contribution in [3.63, 3.8) is 0 Å². The number of nitriles is 1. The molecule has 1 aliphatic heterocycles. The number of carbonyl (C=O) groups excluding carboxylic acids is 1. The number of nitrogens with zero attached hydrogens (tertiary/aromatic N) is 5. The summed E-state index contributed by atoms with van der Waals surface area (Å²) in [5.74, 6) is 2.50. The molecule has 1 fully saturated rings. The molecule has 0 saturated heterocycles. The van der Waals surface area contributed by atoms with E-state index in [1.165, 1.54) is 6.20 Å². The van der Waals surface area contributed by atoms with Gasteiger partial charge in [0.25, 0.3) is 0 Å². The molecule has 9 heteroatoms. The standard InChI is InChI=1S/C21H26N8O/c1-11(2)19-21(30)28-18-12(3)5-16(27-20(18)29(19)4)25-13-6-14(7-13)26-17-10-23-15(8-22)9-24-17/h5,9-11,13-14,19H,6-7H2,1-4H3,(H,24,26)(H,25,27)(H,28,30). The molecule has 0 aromatic carbocycles. The Morgan fingerprint density at radius 2 is 1.90 bits per heavy atom. The molecule has 156 valence electrons. The second-order valence-electron chi connectivity index (χ2n) is 8.36. The van der Waals surface area contributed by atoms with Crippen molar-refractivity contribution in [2.24, 2.45) is 5.92 Å². The van der Waals surface area contributed by atoms with Gasteiger partial charge in [-0.15, -0.1) is 0 Å². The number of fused-ring (bicyclic) bond motifs is 1. The Bertz CT molecular complexity index is 991. The van der Waals surface area contributed by atoms with Gasteiger partial charge in [-0.1, -0.05) is 13.8 Å². The summed E-state index contributed by atoms with van der Waals surface area (Å²) >= 11 is 0. The van der Waals surface area contributed by atoms with Crippen molar-refractivity contribution in [3.05, 3.63) is 29.7 Å². The van der Waals surface area contributed by atoms with Crippen molar-refractivity contribution in [2.45, 2.75) is 51.7 Å². The molecule has 0 radical (unpaired) electrons. The predicted octanol–water partition coefficient (Wildman–Crippen LogP) is 2.52. The van der Waals surface area contributed by atoms with E-state index in [0.29, 0.717) is 23.6 Å². The summed E-state index contributed by atoms with van der Waals surface area (Å²) in [5.41, 5.74) is 2.09. The fraction of sp³-hybridized carbons (Fsp3) is 0.476. The van der Waals surface area contributed by atoms with Crippen molar-refractivity contribution in [3.8, 4) is 6.07 Å². The normalized spacial score (nSPS) is 22.6. The van der Waals surface area contributed by atoms with E-state index in [4.69, 9.17) is 10.2 Å². The fourth-order valence-corrected chi connectivity index (χ4v) is 4.13. The third kappa shape index (κ3) is 3.73. The SMILES string of the molecule is Cc1cc(NC2CC(Nc3cnc(C#N)cn3)C2)nc2c1NC(=O)C(C(C)C)N2C. The average Bonchev–Trinajstić information content (AvgIpc) is 2.67. The molecule has 0 bridgehead atoms. The van der Waals surface area contributed by atoms with E-state index in [-0.39, 0.29) is 17.9 Å². The summed E-state index contributed by atoms with van der Waals surface area (Å²) < 4.78 is 0. The van der Waals surface area contributed by atoms with Gasteiger partial charge < -0.3 is 20.9 Å². The van der Waals surface area contributed by atoms with E-state index < -0.39 is 0 Å². The quantitative estimate of drug-likeness (QED) is 0.693. The highest BCUT2D eigenvalue weighted by atomic mass is 16.2. The topological polar surface area (TPSA) is 119 Å². The number of anilines is 4. The van der Waals surface area contributed by atoms with Gasteiger partial charge in [0.1, 0.15) is 23.7 Å². The zero-order valence-corrected chi connectivity index (χ0v) is 17.6. The Morgan fingerprint density at radius 3 is 2.50 bits per heavy atom. The van der Waals surface area contributed by atoms with Gasteiger partial charge in [-0.25, -0.2) is 15.0 Å². The second kappa shape index (κ2) is 7.78. The van der Waals surface area contributed by atoms with Gasteiger partial charge in [-0.2, -0.15) is 5.26 Å². The number of aromatic nitrogens is 3. The summed E-state index contributed by atoms with van der Waals surface area (Å²) in [6.45, 7) is 6.07. The first-order valence-corrected chi connectivity index (χ1v) is 10.2. The Labute approximate surface area is 175 Å². The van der Waals surface area contributed by atoms with E-state index >= 15 is 0 Å². The van der Waals surface area contributed by atoms with Crippen molar-refractivity contribution < 1.29 is 4.79 Å². The Balaban J connectivity index is 1.40. The number of nitrogens with one attached hydrogen (secondary N) is 3. The molecule has 0 spiro atoms. The van der Waals surface area contributed by atoms with Crippen LogP contribution in [0.25, 0.3) is 0 Å². The van der Waals surface area contributed by atoms with Crippen molar-refractivity contribution >= 4 is 29.0 Å². The van der Waals surface area contributed by atoms with Crippen molar-refractivity contribution in [1.82, 2.24) is 15.0 Å². The van der Waals surface area contributed by atoms with Crippen LogP contribution in [0.5, 0.6) is 0 Å². The maximum atomic E-state index is 12.5. The Hall–Kier alpha value is -3.41. The van der Waals surface area contributed by atoms with Crippen LogP contribution < -0.4 is 20.9 Å². The first-order chi connectivity index (χ1) is 14.4. The van der Waals surface area contributed by atoms with Crippen LogP contribution in [0, 0.1) is 24.2 Å². The van der Waals surface area contributed by atoms with Crippen LogP contribution in [0.3, 0.4) is 0 Å². The molecule has 9 nitrogen and oxygen atoms in total. The Morgan fingerprint density at radius 1 is 1.20 bits per heavy atom. The van der Waals surface area contributed by atoms with E-state index in [9.17, 15) is 4.79 Å². The van der Waals surface area contributed by atoms with Gasteiger partial charge in [0.2, 0.25) is 5.91 Å². The molecule has 30 heavy (non-hydrogen) atoms. The van der Waals surface area contributed by atoms with Crippen molar-refractivity contribution in [2.75, 3.05) is 27.9 Å². The van der Waals surface area contributed by atoms with Crippen LogP contribution in [0.15, 0.2) is 18.5 Å². The molecule has 3 N–H and O–H groups in total. The van der Waals surface area contributed by atoms with E-state index in [2.05, 4.69) is 25.9 Å². The zero-order chi connectivity index (χ0) is 21.4. The molecule has 2 aliphatic rings. The van der Waals surface area contributed by atoms with E-state index in [1.54, 1.807) is 6.20 Å². The summed E-state index contributed by atoms with van der Waals surface area (Å²) in [6, 6.07) is 4.33. The summed E-state index contributed by atoms with van der Waals surface area (Å²) in [7, 11) is 1.93. The van der Waals surface area contributed by atoms with Crippen LogP contribution in [-0.2, 0) is 4.79 Å². The average molecular weight is 406 g/mol. The molecular weight excluding hydrogens is 380 g/mol. The zero-order valence-electron chi connectivity index (χ0n) is 17.6. The third-order valence-electron chi connectivity index (χ3n) is 5.71. The molecule has 1 saturated carbocycles. The lowest BCUT2D eigenvalue weighted by Crippen LogP contribution is -2.49. The second-order valence-corrected chi connectivity index (χ2v) is 8.36. The number of hydrogen-bond acceptors (Lipinski definition) is 8. The minimum atomic E-state index is -0.231. The monoisotopic (exact) mass is 406 g/mol. The lowest BCUT2D eigenvalue weighted by Gasteiger charge is -2.39. The summed E-state index contributed by atoms with van der Waals surface area (Å²) in [6.07, 6.45) is 4.92. The number of rotatable bonds is 5. The number of hydrogen-bond donors (Lipinski definition) is 3. The molecular formula is C21H26N8O. The van der Waals surface area contributed by atoms with Crippen molar-refractivity contribution in [1.29, 1.82) is 5.26 Å². The number of aryl methyl sites for hydroxylation is 1. The number of amides is 1. The maximum absolute atomic E-state index is 12.5. The van der Waals surface area contributed by atoms with Crippen LogP contribution in [0.2, 0.25) is 0 Å². The molecule has 1 atom stereocenters. The Kier molecular flexibility index (Phi) is 5.16. The largest absolute Gasteiger partial charge is 0.367 e. The van der Waals surface area contributed by atoms with Crippen LogP contribution >= 0.6 is 0 Å². The number of pyridine rings is 1.